The monoisotopic (exact) mass is 224 g/mol. The summed E-state index contributed by atoms with van der Waals surface area (Å²) in [5.41, 5.74) is 0.975. The Balaban J connectivity index is 1.51. The van der Waals surface area contributed by atoms with Gasteiger partial charge in [-0.25, -0.2) is 0 Å². The summed E-state index contributed by atoms with van der Waals surface area (Å²) >= 11 is 0. The smallest absolute Gasteiger partial charge is 0.0964 e. The molecule has 0 amide bonds. The Labute approximate surface area is 96.2 Å². The van der Waals surface area contributed by atoms with Gasteiger partial charge in [-0.15, -0.1) is 5.10 Å². The summed E-state index contributed by atoms with van der Waals surface area (Å²) < 4.78 is 7.46. The molecule has 0 bridgehead atoms. The minimum absolute atomic E-state index is 0.512. The van der Waals surface area contributed by atoms with E-state index in [4.69, 9.17) is 4.74 Å². The first-order valence-corrected chi connectivity index (χ1v) is 6.02. The maximum absolute atomic E-state index is 5.74. The fraction of sp³-hybridized carbons (Fsp3) is 0.818. The quantitative estimate of drug-likeness (QED) is 0.728. The molecule has 0 unspecified atom stereocenters. The fourth-order valence-electron chi connectivity index (χ4n) is 2.05. The number of aryl methyl sites for hydroxylation is 1. The number of hydrogen-bond donors (Lipinski definition) is 1. The summed E-state index contributed by atoms with van der Waals surface area (Å²) in [5, 5.41) is 11.2. The molecule has 1 saturated carbocycles. The molecule has 1 heterocycles. The van der Waals surface area contributed by atoms with Gasteiger partial charge >= 0.3 is 0 Å². The molecule has 0 aliphatic heterocycles. The lowest BCUT2D eigenvalue weighted by molar-refractivity contribution is 0.0602. The zero-order valence-corrected chi connectivity index (χ0v) is 9.85. The molecule has 0 saturated heterocycles. The van der Waals surface area contributed by atoms with Crippen LogP contribution in [0.2, 0.25) is 0 Å². The van der Waals surface area contributed by atoms with E-state index in [9.17, 15) is 0 Å². The Morgan fingerprint density at radius 1 is 1.50 bits per heavy atom. The van der Waals surface area contributed by atoms with Crippen LogP contribution in [0.5, 0.6) is 0 Å². The predicted octanol–water partition coefficient (Wildman–Crippen LogP) is 0.864. The van der Waals surface area contributed by atoms with Crippen molar-refractivity contribution in [3.63, 3.8) is 0 Å². The zero-order chi connectivity index (χ0) is 11.2. The summed E-state index contributed by atoms with van der Waals surface area (Å²) in [4.78, 5) is 0. The van der Waals surface area contributed by atoms with Crippen molar-refractivity contribution in [2.75, 3.05) is 13.2 Å². The third kappa shape index (κ3) is 3.57. The molecular formula is C11H20N4O. The van der Waals surface area contributed by atoms with E-state index in [0.717, 1.165) is 25.4 Å². The number of aromatic nitrogens is 3. The van der Waals surface area contributed by atoms with Crippen LogP contribution in [0.4, 0.5) is 0 Å². The lowest BCUT2D eigenvalue weighted by Gasteiger charge is -2.10. The Hall–Kier alpha value is -0.940. The normalized spacial score (nSPS) is 17.1. The second kappa shape index (κ2) is 5.96. The van der Waals surface area contributed by atoms with Gasteiger partial charge < -0.3 is 10.1 Å². The molecule has 2 rings (SSSR count). The van der Waals surface area contributed by atoms with Gasteiger partial charge in [0.2, 0.25) is 0 Å². The third-order valence-electron chi connectivity index (χ3n) is 2.89. The molecule has 0 spiro atoms. The average Bonchev–Trinajstić information content (AvgIpc) is 2.89. The Bertz CT molecular complexity index is 307. The van der Waals surface area contributed by atoms with Gasteiger partial charge in [0, 0.05) is 26.3 Å². The van der Waals surface area contributed by atoms with Crippen molar-refractivity contribution in [2.24, 2.45) is 7.05 Å². The molecule has 0 atom stereocenters. The van der Waals surface area contributed by atoms with Crippen LogP contribution in [-0.4, -0.2) is 34.2 Å². The fourth-order valence-corrected chi connectivity index (χ4v) is 2.05. The highest BCUT2D eigenvalue weighted by molar-refractivity contribution is 4.90. The minimum atomic E-state index is 0.512. The predicted molar refractivity (Wildman–Crippen MR) is 60.9 cm³/mol. The minimum Gasteiger partial charge on any atom is -0.377 e. The molecular weight excluding hydrogens is 204 g/mol. The Kier molecular flexibility index (Phi) is 4.30. The summed E-state index contributed by atoms with van der Waals surface area (Å²) in [7, 11) is 1.87. The van der Waals surface area contributed by atoms with Crippen LogP contribution in [0.1, 0.15) is 31.4 Å². The van der Waals surface area contributed by atoms with Crippen molar-refractivity contribution in [1.82, 2.24) is 20.3 Å². The van der Waals surface area contributed by atoms with Crippen LogP contribution >= 0.6 is 0 Å². The van der Waals surface area contributed by atoms with E-state index in [1.54, 1.807) is 4.68 Å². The lowest BCUT2D eigenvalue weighted by atomic mass is 10.3. The van der Waals surface area contributed by atoms with Crippen molar-refractivity contribution >= 4 is 0 Å². The molecule has 0 aromatic carbocycles. The Morgan fingerprint density at radius 3 is 3.00 bits per heavy atom. The SMILES string of the molecule is Cn1cc(CNCCOC2CCCC2)nn1. The highest BCUT2D eigenvalue weighted by Crippen LogP contribution is 2.20. The summed E-state index contributed by atoms with van der Waals surface area (Å²) in [6.45, 7) is 2.44. The van der Waals surface area contributed by atoms with Gasteiger partial charge in [-0.2, -0.15) is 0 Å². The van der Waals surface area contributed by atoms with Gasteiger partial charge in [-0.3, -0.25) is 4.68 Å². The van der Waals surface area contributed by atoms with Crippen LogP contribution in [0, 0.1) is 0 Å². The van der Waals surface area contributed by atoms with Crippen molar-refractivity contribution in [2.45, 2.75) is 38.3 Å². The first-order chi connectivity index (χ1) is 7.84. The molecule has 1 aliphatic carbocycles. The third-order valence-corrected chi connectivity index (χ3v) is 2.89. The molecule has 1 aliphatic rings. The molecule has 0 radical (unpaired) electrons. The van der Waals surface area contributed by atoms with E-state index in [1.165, 1.54) is 25.7 Å². The zero-order valence-electron chi connectivity index (χ0n) is 9.85. The van der Waals surface area contributed by atoms with Crippen molar-refractivity contribution in [3.8, 4) is 0 Å². The molecule has 1 N–H and O–H groups in total. The molecule has 1 fully saturated rings. The second-order valence-electron chi connectivity index (χ2n) is 4.34. The van der Waals surface area contributed by atoms with Crippen LogP contribution in [-0.2, 0) is 18.3 Å². The van der Waals surface area contributed by atoms with Crippen LogP contribution in [0.3, 0.4) is 0 Å². The second-order valence-corrected chi connectivity index (χ2v) is 4.34. The van der Waals surface area contributed by atoms with E-state index in [1.807, 2.05) is 13.2 Å². The highest BCUT2D eigenvalue weighted by Gasteiger charge is 2.14. The largest absolute Gasteiger partial charge is 0.377 e. The lowest BCUT2D eigenvalue weighted by Crippen LogP contribution is -2.22. The summed E-state index contributed by atoms with van der Waals surface area (Å²) in [6, 6.07) is 0. The van der Waals surface area contributed by atoms with E-state index >= 15 is 0 Å². The molecule has 90 valence electrons. The number of ether oxygens (including phenoxy) is 1. The number of nitrogens with zero attached hydrogens (tertiary/aromatic N) is 3. The molecule has 1 aromatic rings. The highest BCUT2D eigenvalue weighted by atomic mass is 16.5. The maximum atomic E-state index is 5.74. The molecule has 1 aromatic heterocycles. The number of nitrogens with one attached hydrogen (secondary N) is 1. The van der Waals surface area contributed by atoms with Crippen molar-refractivity contribution < 1.29 is 4.74 Å². The van der Waals surface area contributed by atoms with Gasteiger partial charge in [0.15, 0.2) is 0 Å². The van der Waals surface area contributed by atoms with Crippen LogP contribution in [0.25, 0.3) is 0 Å². The first-order valence-electron chi connectivity index (χ1n) is 6.02. The van der Waals surface area contributed by atoms with Crippen molar-refractivity contribution in [1.29, 1.82) is 0 Å². The summed E-state index contributed by atoms with van der Waals surface area (Å²) in [6.07, 6.45) is 7.58. The van der Waals surface area contributed by atoms with E-state index < -0.39 is 0 Å². The van der Waals surface area contributed by atoms with Crippen LogP contribution in [0.15, 0.2) is 6.20 Å². The molecule has 5 nitrogen and oxygen atoms in total. The van der Waals surface area contributed by atoms with E-state index in [2.05, 4.69) is 15.6 Å². The topological polar surface area (TPSA) is 52.0 Å². The standard InChI is InChI=1S/C11H20N4O/c1-15-9-10(13-14-15)8-12-6-7-16-11-4-2-3-5-11/h9,11-12H,2-8H2,1H3. The number of hydrogen-bond acceptors (Lipinski definition) is 4. The van der Waals surface area contributed by atoms with E-state index in [0.29, 0.717) is 6.10 Å². The Morgan fingerprint density at radius 2 is 2.31 bits per heavy atom. The van der Waals surface area contributed by atoms with E-state index in [-0.39, 0.29) is 0 Å². The van der Waals surface area contributed by atoms with Gasteiger partial charge in [0.05, 0.1) is 18.4 Å². The first kappa shape index (κ1) is 11.5. The average molecular weight is 224 g/mol. The molecule has 16 heavy (non-hydrogen) atoms. The van der Waals surface area contributed by atoms with Crippen molar-refractivity contribution in [3.05, 3.63) is 11.9 Å². The van der Waals surface area contributed by atoms with Gasteiger partial charge in [0.1, 0.15) is 0 Å². The maximum Gasteiger partial charge on any atom is 0.0964 e. The van der Waals surface area contributed by atoms with Gasteiger partial charge in [0.25, 0.3) is 0 Å². The molecule has 5 heteroatoms. The van der Waals surface area contributed by atoms with Gasteiger partial charge in [-0.05, 0) is 12.8 Å². The number of rotatable bonds is 6. The van der Waals surface area contributed by atoms with Gasteiger partial charge in [-0.1, -0.05) is 18.1 Å². The van der Waals surface area contributed by atoms with Crippen LogP contribution < -0.4 is 5.32 Å². The summed E-state index contributed by atoms with van der Waals surface area (Å²) in [5.74, 6) is 0.